The molecule has 2 aromatic carbocycles. The fourth-order valence-electron chi connectivity index (χ4n) is 6.63. The number of aliphatic hydroxyl groups is 4. The SMILES string of the molecule is CN(C)C1C(=O)C(C(N)=O)=C(O)[C@]2(O)C(=O)C3=C(O)c4c(O)ccc(-c5ccc(OC(=O)NCCCO)cc5)c4C[C@H]3C[C@@H]12. The molecule has 0 spiro atoms. The number of aliphatic hydroxyl groups excluding tert-OH is 3. The van der Waals surface area contributed by atoms with Crippen molar-refractivity contribution in [3.8, 4) is 22.6 Å². The van der Waals surface area contributed by atoms with Gasteiger partial charge in [0.15, 0.2) is 11.4 Å². The molecule has 13 nitrogen and oxygen atoms in total. The number of ether oxygens (including phenoxy) is 1. The van der Waals surface area contributed by atoms with E-state index >= 15 is 0 Å². The van der Waals surface area contributed by atoms with E-state index in [0.29, 0.717) is 23.1 Å². The number of nitrogens with two attached hydrogens (primary N) is 1. The number of hydrogen-bond donors (Lipinski definition) is 7. The molecule has 1 fully saturated rings. The van der Waals surface area contributed by atoms with Crippen molar-refractivity contribution < 1.29 is 49.4 Å². The van der Waals surface area contributed by atoms with E-state index in [1.807, 2.05) is 0 Å². The number of hydrogen-bond acceptors (Lipinski definition) is 11. The highest BCUT2D eigenvalue weighted by Gasteiger charge is 2.64. The van der Waals surface area contributed by atoms with Crippen LogP contribution in [0.3, 0.4) is 0 Å². The number of Topliss-reactive ketones (excluding diaryl/α,β-unsaturated/α-hetero) is 2. The number of rotatable bonds is 7. The molecule has 44 heavy (non-hydrogen) atoms. The number of amides is 2. The number of aromatic hydroxyl groups is 1. The van der Waals surface area contributed by atoms with Crippen molar-refractivity contribution in [3.63, 3.8) is 0 Å². The van der Waals surface area contributed by atoms with E-state index in [1.165, 1.54) is 25.1 Å². The van der Waals surface area contributed by atoms with Crippen LogP contribution in [0.4, 0.5) is 4.79 Å². The van der Waals surface area contributed by atoms with Gasteiger partial charge < -0.3 is 41.3 Å². The Morgan fingerprint density at radius 2 is 1.77 bits per heavy atom. The number of ketones is 2. The van der Waals surface area contributed by atoms with Crippen LogP contribution in [0.2, 0.25) is 0 Å². The number of phenols is 1. The Balaban J connectivity index is 1.56. The molecule has 0 aliphatic heterocycles. The molecule has 0 heterocycles. The summed E-state index contributed by atoms with van der Waals surface area (Å²) < 4.78 is 5.25. The number of benzene rings is 2. The molecule has 1 saturated carbocycles. The first kappa shape index (κ1) is 30.7. The van der Waals surface area contributed by atoms with Crippen LogP contribution < -0.4 is 15.8 Å². The van der Waals surface area contributed by atoms with E-state index in [1.54, 1.807) is 30.3 Å². The van der Waals surface area contributed by atoms with Gasteiger partial charge in [0.2, 0.25) is 5.78 Å². The van der Waals surface area contributed by atoms with Crippen LogP contribution in [-0.4, -0.2) is 92.9 Å². The van der Waals surface area contributed by atoms with Crippen molar-refractivity contribution in [2.45, 2.75) is 30.9 Å². The number of nitrogens with one attached hydrogen (secondary N) is 1. The number of phenolic OH excluding ortho intramolecular Hbond substituents is 1. The van der Waals surface area contributed by atoms with Crippen molar-refractivity contribution >= 4 is 29.3 Å². The summed E-state index contributed by atoms with van der Waals surface area (Å²) in [7, 11) is 3.07. The number of nitrogens with zero attached hydrogens (tertiary/aromatic N) is 1. The molecule has 1 unspecified atom stereocenters. The molecule has 8 N–H and O–H groups in total. The second kappa shape index (κ2) is 11.4. The molecule has 0 saturated heterocycles. The second-order valence-corrected chi connectivity index (χ2v) is 11.4. The number of carbonyl (C=O) groups is 4. The predicted molar refractivity (Wildman–Crippen MR) is 155 cm³/mol. The summed E-state index contributed by atoms with van der Waals surface area (Å²) >= 11 is 0. The van der Waals surface area contributed by atoms with Crippen LogP contribution in [0, 0.1) is 11.8 Å². The van der Waals surface area contributed by atoms with Crippen LogP contribution in [-0.2, 0) is 20.8 Å². The lowest BCUT2D eigenvalue weighted by atomic mass is 9.57. The third kappa shape index (κ3) is 4.78. The van der Waals surface area contributed by atoms with Crippen LogP contribution in [0.1, 0.15) is 24.0 Å². The zero-order valence-corrected chi connectivity index (χ0v) is 24.0. The summed E-state index contributed by atoms with van der Waals surface area (Å²) in [5, 5.41) is 56.3. The molecule has 13 heteroatoms. The Kier molecular flexibility index (Phi) is 7.97. The topological polar surface area (TPSA) is 220 Å². The van der Waals surface area contributed by atoms with Crippen LogP contribution >= 0.6 is 0 Å². The molecule has 232 valence electrons. The standard InChI is InChI=1S/C31H33N3O10/c1-34(2)24-19-13-15-12-18-17(14-4-6-16(7-5-14)44-30(42)33-10-3-11-35)8-9-20(36)22(18)25(37)21(15)27(39)31(19,43)28(40)23(26(24)38)29(32)41/h4-9,15,19,24,35-37,40,43H,3,10-13H2,1-2H3,(H2,32,41)(H,33,42)/t15-,19-,24?,31+/m0/s1. The van der Waals surface area contributed by atoms with Gasteiger partial charge in [-0.3, -0.25) is 19.3 Å². The maximum absolute atomic E-state index is 14.0. The highest BCUT2D eigenvalue weighted by atomic mass is 16.6. The van der Waals surface area contributed by atoms with E-state index in [9.17, 15) is 39.6 Å². The average molecular weight is 608 g/mol. The number of fused-ring (bicyclic) bond motifs is 3. The van der Waals surface area contributed by atoms with Gasteiger partial charge in [-0.15, -0.1) is 0 Å². The summed E-state index contributed by atoms with van der Waals surface area (Å²) in [6.45, 7) is 0.179. The lowest BCUT2D eigenvalue weighted by molar-refractivity contribution is -0.153. The van der Waals surface area contributed by atoms with E-state index < -0.39 is 64.1 Å². The summed E-state index contributed by atoms with van der Waals surface area (Å²) in [4.78, 5) is 52.8. The fraction of sp³-hybridized carbons (Fsp3) is 0.355. The molecule has 4 atom stereocenters. The Morgan fingerprint density at radius 3 is 2.39 bits per heavy atom. The minimum Gasteiger partial charge on any atom is -0.508 e. The van der Waals surface area contributed by atoms with Crippen LogP contribution in [0.25, 0.3) is 16.9 Å². The van der Waals surface area contributed by atoms with Gasteiger partial charge in [0, 0.05) is 24.6 Å². The van der Waals surface area contributed by atoms with Crippen LogP contribution in [0.15, 0.2) is 53.3 Å². The average Bonchev–Trinajstić information content (AvgIpc) is 2.95. The highest BCUT2D eigenvalue weighted by molar-refractivity contribution is 6.24. The monoisotopic (exact) mass is 607 g/mol. The number of likely N-dealkylation sites (N-methyl/N-ethyl adjacent to an activating group) is 1. The molecule has 0 aromatic heterocycles. The molecule has 3 aliphatic carbocycles. The van der Waals surface area contributed by atoms with Crippen molar-refractivity contribution in [1.29, 1.82) is 0 Å². The van der Waals surface area contributed by atoms with E-state index in [2.05, 4.69) is 5.32 Å². The summed E-state index contributed by atoms with van der Waals surface area (Å²) in [6, 6.07) is 8.30. The summed E-state index contributed by atoms with van der Waals surface area (Å²) in [5.74, 6) is -6.89. The van der Waals surface area contributed by atoms with Crippen molar-refractivity contribution in [2.75, 3.05) is 27.2 Å². The summed E-state index contributed by atoms with van der Waals surface area (Å²) in [5.41, 5.74) is 3.28. The zero-order valence-electron chi connectivity index (χ0n) is 24.0. The third-order valence-electron chi connectivity index (χ3n) is 8.58. The van der Waals surface area contributed by atoms with Gasteiger partial charge in [0.25, 0.3) is 5.91 Å². The first-order valence-corrected chi connectivity index (χ1v) is 14.0. The normalized spacial score (nSPS) is 24.5. The molecule has 2 amide bonds. The van der Waals surface area contributed by atoms with Gasteiger partial charge in [0.1, 0.15) is 28.6 Å². The van der Waals surface area contributed by atoms with Crippen molar-refractivity contribution in [1.82, 2.24) is 10.2 Å². The van der Waals surface area contributed by atoms with Crippen molar-refractivity contribution in [3.05, 3.63) is 64.4 Å². The largest absolute Gasteiger partial charge is 0.508 e. The Labute approximate surface area is 251 Å². The molecule has 0 radical (unpaired) electrons. The Hall–Kier alpha value is -4.72. The lowest BCUT2D eigenvalue weighted by Crippen LogP contribution is -2.65. The summed E-state index contributed by atoms with van der Waals surface area (Å²) in [6.07, 6.45) is -0.199. The molecule has 0 bridgehead atoms. The number of carbonyl (C=O) groups excluding carboxylic acids is 4. The van der Waals surface area contributed by atoms with Crippen LogP contribution in [0.5, 0.6) is 11.5 Å². The second-order valence-electron chi connectivity index (χ2n) is 11.4. The highest BCUT2D eigenvalue weighted by Crippen LogP contribution is 2.53. The zero-order chi connectivity index (χ0) is 32.1. The molecular formula is C31H33N3O10. The molecule has 2 aromatic rings. The van der Waals surface area contributed by atoms with E-state index in [-0.39, 0.29) is 48.6 Å². The van der Waals surface area contributed by atoms with Gasteiger partial charge in [0.05, 0.1) is 11.6 Å². The van der Waals surface area contributed by atoms with Crippen molar-refractivity contribution in [2.24, 2.45) is 17.6 Å². The van der Waals surface area contributed by atoms with Gasteiger partial charge in [-0.05, 0) is 74.2 Å². The minimum atomic E-state index is -2.71. The van der Waals surface area contributed by atoms with Gasteiger partial charge in [-0.1, -0.05) is 18.2 Å². The Morgan fingerprint density at radius 1 is 1.09 bits per heavy atom. The maximum Gasteiger partial charge on any atom is 0.412 e. The third-order valence-corrected chi connectivity index (χ3v) is 8.58. The molecular weight excluding hydrogens is 574 g/mol. The fourth-order valence-corrected chi connectivity index (χ4v) is 6.63. The predicted octanol–water partition coefficient (Wildman–Crippen LogP) is 1.10. The molecule has 5 rings (SSSR count). The van der Waals surface area contributed by atoms with Gasteiger partial charge in [-0.2, -0.15) is 0 Å². The van der Waals surface area contributed by atoms with Gasteiger partial charge in [-0.25, -0.2) is 4.79 Å². The maximum atomic E-state index is 14.0. The lowest BCUT2D eigenvalue weighted by Gasteiger charge is -2.50. The van der Waals surface area contributed by atoms with Gasteiger partial charge >= 0.3 is 6.09 Å². The first-order chi connectivity index (χ1) is 20.8. The molecule has 3 aliphatic rings. The Bertz CT molecular complexity index is 1630. The van der Waals surface area contributed by atoms with E-state index in [0.717, 1.165) is 0 Å². The van der Waals surface area contributed by atoms with E-state index in [4.69, 9.17) is 15.6 Å². The number of primary amides is 1. The quantitative estimate of drug-likeness (QED) is 0.174. The smallest absolute Gasteiger partial charge is 0.412 e. The first-order valence-electron chi connectivity index (χ1n) is 14.0. The minimum absolute atomic E-state index is 0.0256.